The Bertz CT molecular complexity index is 1710. The Morgan fingerprint density at radius 1 is 0.397 bits per heavy atom. The molecule has 0 radical (unpaired) electrons. The molecule has 0 bridgehead atoms. The van der Waals surface area contributed by atoms with Crippen LogP contribution in [-0.2, 0) is 26.2 Å². The molecule has 0 N–H and O–H groups in total. The van der Waals surface area contributed by atoms with Crippen LogP contribution in [0, 0.1) is 41.5 Å². The number of benzene rings is 4. The minimum Gasteiger partial charge on any atom is -0.695 e. The number of aryl methyl sites for hydroxylation is 4. The van der Waals surface area contributed by atoms with Crippen molar-refractivity contribution in [1.29, 1.82) is 0 Å². The first kappa shape index (κ1) is 56.8. The molecule has 0 saturated heterocycles. The van der Waals surface area contributed by atoms with Crippen molar-refractivity contribution in [3.8, 4) is 0 Å². The van der Waals surface area contributed by atoms with Crippen molar-refractivity contribution in [1.82, 2.24) is 0 Å². The van der Waals surface area contributed by atoms with Gasteiger partial charge in [0.1, 0.15) is 0 Å². The van der Waals surface area contributed by atoms with E-state index in [0.29, 0.717) is 0 Å². The quantitative estimate of drug-likeness (QED) is 0.0542. The van der Waals surface area contributed by atoms with Gasteiger partial charge in [0.15, 0.2) is 0 Å². The van der Waals surface area contributed by atoms with E-state index in [-0.39, 0.29) is 53.9 Å². The molecular weight excluding hydrogens is 942 g/mol. The Morgan fingerprint density at radius 2 is 0.676 bits per heavy atom. The molecule has 4 aliphatic rings. The van der Waals surface area contributed by atoms with E-state index in [1.807, 2.05) is 60.7 Å². The monoisotopic (exact) mass is 1030 g/mol. The van der Waals surface area contributed by atoms with Crippen molar-refractivity contribution in [3.63, 3.8) is 0 Å². The standard InChI is InChI=1S/C47H74N4P2.2C7H7.Zr/c1-36-22-20-23-37(2)44(36)50-46(52(40-26-10-5-11-27-40)41-28-12-6-13-29-41)48-34-18-9-19-35-49-47(51-45-38(3)24-21-25-39(45)4)53(42-30-14-7-15-31-42)43-32-16-8-17-33-43;2*1-7-5-3-2-4-6-7;/h20-25,40-43,46-47H,5-19,26-35H2,1-4H3;2*2-6H,1H2;/q-4;2*-1;. The van der Waals surface area contributed by atoms with Crippen molar-refractivity contribution in [2.75, 3.05) is 13.1 Å². The van der Waals surface area contributed by atoms with E-state index in [1.165, 1.54) is 168 Å². The normalized spacial score (nSPS) is 18.3. The summed E-state index contributed by atoms with van der Waals surface area (Å²) in [5, 5.41) is 22.6. The smallest absolute Gasteiger partial charge is 0 e. The SMILES string of the molecule is Cc1cccc(C)c1[N-]C([N-]CCCCC[N-]C([N-]c1c(C)cccc1C)P(C1CCCCC1)C1CCCCC1)P(C1CCCCC1)C1CCCCC1.[CH2-]c1ccccc1.[CH2-]c1ccccc1.[Zr]. The Hall–Kier alpha value is -2.12. The maximum atomic E-state index is 5.66. The number of hydrogen-bond acceptors (Lipinski definition) is 0. The van der Waals surface area contributed by atoms with E-state index in [2.05, 4.69) is 77.9 Å². The molecule has 4 nitrogen and oxygen atoms in total. The first-order valence-corrected chi connectivity index (χ1v) is 30.0. The zero-order chi connectivity index (χ0) is 47.1. The van der Waals surface area contributed by atoms with Gasteiger partial charge in [0.25, 0.3) is 0 Å². The molecule has 2 atom stereocenters. The van der Waals surface area contributed by atoms with Crippen LogP contribution in [-0.4, -0.2) is 47.5 Å². The van der Waals surface area contributed by atoms with Crippen LogP contribution < -0.4 is 0 Å². The van der Waals surface area contributed by atoms with Gasteiger partial charge in [0.05, 0.1) is 0 Å². The minimum absolute atomic E-state index is 0. The molecule has 4 aliphatic carbocycles. The second kappa shape index (κ2) is 32.1. The van der Waals surface area contributed by atoms with Gasteiger partial charge in [-0.15, -0.1) is 64.6 Å². The first-order chi connectivity index (χ1) is 32.8. The molecule has 0 heterocycles. The van der Waals surface area contributed by atoms with Gasteiger partial charge < -0.3 is 21.3 Å². The molecule has 0 aliphatic heterocycles. The maximum Gasteiger partial charge on any atom is 0 e. The van der Waals surface area contributed by atoms with Gasteiger partial charge in [0, 0.05) is 26.2 Å². The summed E-state index contributed by atoms with van der Waals surface area (Å²) in [4.78, 5) is 0. The van der Waals surface area contributed by atoms with Crippen molar-refractivity contribution in [2.24, 2.45) is 0 Å². The molecule has 4 aromatic rings. The molecule has 372 valence electrons. The van der Waals surface area contributed by atoms with E-state index in [4.69, 9.17) is 21.3 Å². The topological polar surface area (TPSA) is 56.4 Å². The van der Waals surface area contributed by atoms with Gasteiger partial charge >= 0.3 is 0 Å². The summed E-state index contributed by atoms with van der Waals surface area (Å²) in [5.74, 6) is 0.325. The van der Waals surface area contributed by atoms with E-state index in [1.54, 1.807) is 0 Å². The molecule has 0 amide bonds. The Kier molecular flexibility index (Phi) is 26.8. The summed E-state index contributed by atoms with van der Waals surface area (Å²) in [5.41, 5.74) is 13.3. The van der Waals surface area contributed by atoms with Gasteiger partial charge in [0.2, 0.25) is 0 Å². The van der Waals surface area contributed by atoms with Crippen LogP contribution in [0.4, 0.5) is 11.4 Å². The van der Waals surface area contributed by atoms with Crippen LogP contribution in [0.3, 0.4) is 0 Å². The molecule has 4 aromatic carbocycles. The van der Waals surface area contributed by atoms with E-state index < -0.39 is 0 Å². The summed E-state index contributed by atoms with van der Waals surface area (Å²) < 4.78 is 0. The predicted octanol–water partition coefficient (Wildman–Crippen LogP) is 20.1. The van der Waals surface area contributed by atoms with Crippen LogP contribution in [0.2, 0.25) is 0 Å². The number of unbranched alkanes of at least 4 members (excludes halogenated alkanes) is 2. The number of nitrogens with zero attached hydrogens (tertiary/aromatic N) is 4. The minimum atomic E-state index is -0.258. The van der Waals surface area contributed by atoms with E-state index in [0.717, 1.165) is 59.7 Å². The van der Waals surface area contributed by atoms with Crippen LogP contribution in [0.5, 0.6) is 0 Å². The molecule has 2 unspecified atom stereocenters. The van der Waals surface area contributed by atoms with Crippen molar-refractivity contribution in [3.05, 3.63) is 166 Å². The summed E-state index contributed by atoms with van der Waals surface area (Å²) in [6, 6.07) is 33.2. The average Bonchev–Trinajstić information content (AvgIpc) is 3.35. The van der Waals surface area contributed by atoms with Crippen molar-refractivity contribution >= 4 is 27.2 Å². The van der Waals surface area contributed by atoms with Crippen LogP contribution in [0.25, 0.3) is 21.3 Å². The predicted molar refractivity (Wildman–Crippen MR) is 299 cm³/mol. The largest absolute Gasteiger partial charge is 0.695 e. The third-order valence-electron chi connectivity index (χ3n) is 15.0. The molecule has 0 aromatic heterocycles. The molecule has 8 rings (SSSR count). The average molecular weight is 1030 g/mol. The molecule has 4 fully saturated rings. The molecular formula is C61H88N4P2Zr-6. The summed E-state index contributed by atoms with van der Waals surface area (Å²) in [6.45, 7) is 18.4. The van der Waals surface area contributed by atoms with Gasteiger partial charge in [-0.05, 0) is 102 Å². The Balaban J connectivity index is 0.000000492. The van der Waals surface area contributed by atoms with Crippen LogP contribution in [0.1, 0.15) is 181 Å². The fourth-order valence-corrected chi connectivity index (χ4v) is 18.9. The second-order valence-electron chi connectivity index (χ2n) is 20.3. The summed E-state index contributed by atoms with van der Waals surface area (Å²) in [7, 11) is -0.516. The Morgan fingerprint density at radius 3 is 0.926 bits per heavy atom. The number of rotatable bonds is 18. The number of hydrogen-bond donors (Lipinski definition) is 0. The summed E-state index contributed by atoms with van der Waals surface area (Å²) >= 11 is 0. The van der Waals surface area contributed by atoms with E-state index >= 15 is 0 Å². The Labute approximate surface area is 439 Å². The van der Waals surface area contributed by atoms with Gasteiger partial charge in [-0.25, -0.2) is 0 Å². The molecule has 4 saturated carbocycles. The third kappa shape index (κ3) is 18.8. The van der Waals surface area contributed by atoms with Gasteiger partial charge in [-0.2, -0.15) is 61.1 Å². The van der Waals surface area contributed by atoms with Gasteiger partial charge in [-0.3, -0.25) is 0 Å². The third-order valence-corrected chi connectivity index (χ3v) is 22.0. The fourth-order valence-electron chi connectivity index (χ4n) is 11.3. The zero-order valence-corrected chi connectivity index (χ0v) is 47.2. The molecule has 0 spiro atoms. The second-order valence-corrected chi connectivity index (χ2v) is 26.0. The van der Waals surface area contributed by atoms with Gasteiger partial charge in [-0.1, -0.05) is 167 Å². The molecule has 68 heavy (non-hydrogen) atoms. The van der Waals surface area contributed by atoms with Crippen molar-refractivity contribution in [2.45, 2.75) is 210 Å². The fraction of sp³-hybridized carbons (Fsp3) is 0.574. The zero-order valence-electron chi connectivity index (χ0n) is 43.0. The van der Waals surface area contributed by atoms with Crippen molar-refractivity contribution < 1.29 is 26.2 Å². The maximum absolute atomic E-state index is 5.66. The van der Waals surface area contributed by atoms with Crippen LogP contribution >= 0.6 is 15.8 Å². The van der Waals surface area contributed by atoms with E-state index in [9.17, 15) is 0 Å². The summed E-state index contributed by atoms with van der Waals surface area (Å²) in [6.07, 6.45) is 31.8. The van der Waals surface area contributed by atoms with Crippen LogP contribution in [0.15, 0.2) is 97.1 Å². The molecule has 7 heteroatoms. The first-order valence-electron chi connectivity index (χ1n) is 26.9. The number of para-hydroxylation sites is 2.